The van der Waals surface area contributed by atoms with Crippen LogP contribution in [0.15, 0.2) is 75.4 Å². The van der Waals surface area contributed by atoms with E-state index < -0.39 is 15.9 Å². The largest absolute Gasteiger partial charge is 0.326 e. The molecule has 2 aromatic carbocycles. The summed E-state index contributed by atoms with van der Waals surface area (Å²) >= 11 is 1.08. The summed E-state index contributed by atoms with van der Waals surface area (Å²) in [7, 11) is -3.78. The molecule has 0 aliphatic heterocycles. The number of nitrogens with zero attached hydrogens (tertiary/aromatic N) is 1. The lowest BCUT2D eigenvalue weighted by Gasteiger charge is -2.10. The maximum Gasteiger partial charge on any atom is 0.273 e. The number of sulfonamides is 1. The summed E-state index contributed by atoms with van der Waals surface area (Å²) in [6.45, 7) is 1.42. The fourth-order valence-electron chi connectivity index (χ4n) is 2.46. The zero-order valence-electron chi connectivity index (χ0n) is 15.8. The maximum atomic E-state index is 12.5. The minimum absolute atomic E-state index is 0.135. The van der Waals surface area contributed by atoms with Crippen molar-refractivity contribution in [1.82, 2.24) is 5.43 Å². The molecular weight excluding hydrogens is 424 g/mol. The number of amides is 2. The number of para-hydroxylation sites is 1. The van der Waals surface area contributed by atoms with Gasteiger partial charge in [-0.15, -0.1) is 11.3 Å². The second-order valence-corrected chi connectivity index (χ2v) is 8.94. The van der Waals surface area contributed by atoms with Gasteiger partial charge in [0.2, 0.25) is 5.91 Å². The molecule has 0 fully saturated rings. The van der Waals surface area contributed by atoms with E-state index in [0.717, 1.165) is 11.3 Å². The van der Waals surface area contributed by atoms with Crippen LogP contribution in [0.3, 0.4) is 0 Å². The molecule has 8 nitrogen and oxygen atoms in total. The van der Waals surface area contributed by atoms with Crippen LogP contribution in [-0.4, -0.2) is 26.4 Å². The van der Waals surface area contributed by atoms with Gasteiger partial charge < -0.3 is 5.32 Å². The number of benzene rings is 2. The lowest BCUT2D eigenvalue weighted by Crippen LogP contribution is -2.21. The topological polar surface area (TPSA) is 117 Å². The molecule has 0 unspecified atom stereocenters. The zero-order chi connectivity index (χ0) is 21.6. The SMILES string of the molecule is CC(=O)Nc1ccc(/C=N\NC(=O)c2ccccc2NS(=O)(=O)c2cccs2)cc1. The van der Waals surface area contributed by atoms with Crippen molar-refractivity contribution in [1.29, 1.82) is 0 Å². The van der Waals surface area contributed by atoms with Crippen molar-refractivity contribution < 1.29 is 18.0 Å². The summed E-state index contributed by atoms with van der Waals surface area (Å²) in [4.78, 5) is 23.5. The Morgan fingerprint density at radius 2 is 1.73 bits per heavy atom. The number of hydrogen-bond acceptors (Lipinski definition) is 6. The molecule has 0 aliphatic rings. The van der Waals surface area contributed by atoms with Gasteiger partial charge in [0.05, 0.1) is 17.5 Å². The number of carbonyl (C=O) groups excluding carboxylic acids is 2. The number of hydrogen-bond donors (Lipinski definition) is 3. The third-order valence-corrected chi connectivity index (χ3v) is 6.55. The molecule has 2 amide bonds. The normalized spacial score (nSPS) is 11.2. The molecule has 1 aromatic heterocycles. The van der Waals surface area contributed by atoms with Gasteiger partial charge in [0.15, 0.2) is 0 Å². The Morgan fingerprint density at radius 3 is 2.40 bits per heavy atom. The quantitative estimate of drug-likeness (QED) is 0.384. The molecule has 3 aromatic rings. The van der Waals surface area contributed by atoms with E-state index in [1.165, 1.54) is 31.3 Å². The Bertz CT molecular complexity index is 1170. The summed E-state index contributed by atoms with van der Waals surface area (Å²) in [6.07, 6.45) is 1.44. The van der Waals surface area contributed by atoms with Gasteiger partial charge >= 0.3 is 0 Å². The molecule has 0 spiro atoms. The van der Waals surface area contributed by atoms with Crippen molar-refractivity contribution in [3.63, 3.8) is 0 Å². The van der Waals surface area contributed by atoms with Crippen LogP contribution in [0.1, 0.15) is 22.8 Å². The Labute approximate surface area is 177 Å². The highest BCUT2D eigenvalue weighted by Gasteiger charge is 2.19. The van der Waals surface area contributed by atoms with Crippen molar-refractivity contribution >= 4 is 50.8 Å². The van der Waals surface area contributed by atoms with Crippen molar-refractivity contribution in [2.24, 2.45) is 5.10 Å². The van der Waals surface area contributed by atoms with E-state index in [-0.39, 0.29) is 21.4 Å². The molecular formula is C20H18N4O4S2. The second kappa shape index (κ2) is 9.33. The van der Waals surface area contributed by atoms with Crippen LogP contribution in [0, 0.1) is 0 Å². The van der Waals surface area contributed by atoms with Crippen LogP contribution in [0.2, 0.25) is 0 Å². The van der Waals surface area contributed by atoms with Gasteiger partial charge in [-0.1, -0.05) is 30.3 Å². The van der Waals surface area contributed by atoms with E-state index in [9.17, 15) is 18.0 Å². The van der Waals surface area contributed by atoms with E-state index in [4.69, 9.17) is 0 Å². The summed E-state index contributed by atoms with van der Waals surface area (Å²) in [5.74, 6) is -0.734. The van der Waals surface area contributed by atoms with Gasteiger partial charge in [0, 0.05) is 12.6 Å². The molecule has 3 rings (SSSR count). The maximum absolute atomic E-state index is 12.5. The van der Waals surface area contributed by atoms with Crippen molar-refractivity contribution in [3.8, 4) is 0 Å². The molecule has 154 valence electrons. The first kappa shape index (κ1) is 21.2. The van der Waals surface area contributed by atoms with Crippen molar-refractivity contribution in [3.05, 3.63) is 77.2 Å². The molecule has 3 N–H and O–H groups in total. The standard InChI is InChI=1S/C20H18N4O4S2/c1-14(25)22-16-10-8-15(9-11-16)13-21-23-20(26)17-5-2-3-6-18(17)24-30(27,28)19-7-4-12-29-19/h2-13,24H,1H3,(H,22,25)(H,23,26)/b21-13-. The first-order valence-electron chi connectivity index (χ1n) is 8.71. The average Bonchev–Trinajstić information content (AvgIpc) is 3.25. The minimum Gasteiger partial charge on any atom is -0.326 e. The number of rotatable bonds is 7. The van der Waals surface area contributed by atoms with Crippen LogP contribution in [0.25, 0.3) is 0 Å². The fourth-order valence-corrected chi connectivity index (χ4v) is 4.54. The first-order chi connectivity index (χ1) is 14.3. The van der Waals surface area contributed by atoms with Crippen molar-refractivity contribution in [2.75, 3.05) is 10.0 Å². The van der Waals surface area contributed by atoms with Gasteiger partial charge in [-0.25, -0.2) is 13.8 Å². The Balaban J connectivity index is 1.69. The lowest BCUT2D eigenvalue weighted by atomic mass is 10.2. The third kappa shape index (κ3) is 5.52. The summed E-state index contributed by atoms with van der Waals surface area (Å²) < 4.78 is 27.5. The monoisotopic (exact) mass is 442 g/mol. The van der Waals surface area contributed by atoms with Gasteiger partial charge in [0.1, 0.15) is 4.21 Å². The highest BCUT2D eigenvalue weighted by molar-refractivity contribution is 7.94. The second-order valence-electron chi connectivity index (χ2n) is 6.09. The third-order valence-electron chi connectivity index (χ3n) is 3.79. The Kier molecular flexibility index (Phi) is 6.60. The van der Waals surface area contributed by atoms with E-state index >= 15 is 0 Å². The lowest BCUT2D eigenvalue weighted by molar-refractivity contribution is -0.114. The Morgan fingerprint density at radius 1 is 1.00 bits per heavy atom. The number of hydrazone groups is 1. The molecule has 30 heavy (non-hydrogen) atoms. The van der Waals surface area contributed by atoms with E-state index in [1.807, 2.05) is 0 Å². The summed E-state index contributed by atoms with van der Waals surface area (Å²) in [6, 6.07) is 16.2. The number of anilines is 2. The smallest absolute Gasteiger partial charge is 0.273 e. The molecule has 0 atom stereocenters. The van der Waals surface area contributed by atoms with Crippen LogP contribution >= 0.6 is 11.3 Å². The van der Waals surface area contributed by atoms with Crippen LogP contribution in [0.5, 0.6) is 0 Å². The number of thiophene rings is 1. The van der Waals surface area contributed by atoms with E-state index in [2.05, 4.69) is 20.6 Å². The first-order valence-corrected chi connectivity index (χ1v) is 11.1. The molecule has 0 radical (unpaired) electrons. The predicted octanol–water partition coefficient (Wildman–Crippen LogP) is 3.27. The molecule has 0 bridgehead atoms. The zero-order valence-corrected chi connectivity index (χ0v) is 17.5. The average molecular weight is 443 g/mol. The summed E-state index contributed by atoms with van der Waals surface area (Å²) in [5.41, 5.74) is 4.02. The van der Waals surface area contributed by atoms with Gasteiger partial charge in [-0.2, -0.15) is 5.10 Å². The van der Waals surface area contributed by atoms with Crippen LogP contribution < -0.4 is 15.5 Å². The molecule has 0 saturated carbocycles. The van der Waals surface area contributed by atoms with E-state index in [0.29, 0.717) is 11.3 Å². The van der Waals surface area contributed by atoms with Gasteiger partial charge in [0.25, 0.3) is 15.9 Å². The number of carbonyl (C=O) groups is 2. The van der Waals surface area contributed by atoms with E-state index in [1.54, 1.807) is 47.8 Å². The minimum atomic E-state index is -3.78. The molecule has 10 heteroatoms. The van der Waals surface area contributed by atoms with Crippen LogP contribution in [0.4, 0.5) is 11.4 Å². The fraction of sp³-hybridized carbons (Fsp3) is 0.0500. The summed E-state index contributed by atoms with van der Waals surface area (Å²) in [5, 5.41) is 8.22. The molecule has 0 saturated heterocycles. The van der Waals surface area contributed by atoms with Gasteiger partial charge in [-0.3, -0.25) is 14.3 Å². The highest BCUT2D eigenvalue weighted by atomic mass is 32.2. The molecule has 1 heterocycles. The highest BCUT2D eigenvalue weighted by Crippen LogP contribution is 2.22. The van der Waals surface area contributed by atoms with Crippen molar-refractivity contribution in [2.45, 2.75) is 11.1 Å². The van der Waals surface area contributed by atoms with Crippen LogP contribution in [-0.2, 0) is 14.8 Å². The Hall–Kier alpha value is -3.50. The molecule has 0 aliphatic carbocycles. The van der Waals surface area contributed by atoms with Gasteiger partial charge in [-0.05, 0) is 41.3 Å². The number of nitrogens with one attached hydrogen (secondary N) is 3. The predicted molar refractivity (Wildman–Crippen MR) is 117 cm³/mol.